The average Bonchev–Trinajstić information content (AvgIpc) is 3.04. The van der Waals surface area contributed by atoms with Crippen molar-refractivity contribution in [3.8, 4) is 11.5 Å². The molecule has 28 heavy (non-hydrogen) atoms. The van der Waals surface area contributed by atoms with Crippen LogP contribution in [0.1, 0.15) is 34.3 Å². The van der Waals surface area contributed by atoms with Crippen molar-refractivity contribution < 1.29 is 23.9 Å². The Kier molecular flexibility index (Phi) is 5.93. The van der Waals surface area contributed by atoms with E-state index in [4.69, 9.17) is 9.47 Å². The van der Waals surface area contributed by atoms with Crippen LogP contribution in [0.3, 0.4) is 0 Å². The Labute approximate surface area is 163 Å². The van der Waals surface area contributed by atoms with Gasteiger partial charge in [-0.25, -0.2) is 0 Å². The lowest BCUT2D eigenvalue weighted by molar-refractivity contribution is -0.139. The summed E-state index contributed by atoms with van der Waals surface area (Å²) in [5.41, 5.74) is 2.09. The van der Waals surface area contributed by atoms with Crippen molar-refractivity contribution in [2.45, 2.75) is 25.9 Å². The van der Waals surface area contributed by atoms with Gasteiger partial charge in [-0.15, -0.1) is 0 Å². The third-order valence-electron chi connectivity index (χ3n) is 4.64. The number of amides is 3. The fraction of sp³-hybridized carbons (Fsp3) is 0.286. The van der Waals surface area contributed by atoms with Crippen molar-refractivity contribution in [2.24, 2.45) is 0 Å². The van der Waals surface area contributed by atoms with Crippen LogP contribution in [-0.4, -0.2) is 36.8 Å². The Hall–Kier alpha value is -3.35. The smallest absolute Gasteiger partial charge is 0.251 e. The van der Waals surface area contributed by atoms with Gasteiger partial charge in [-0.1, -0.05) is 12.1 Å². The standard InChI is InChI=1S/C21H22N2O5/c1-27-17-7-8-18(28-2)16(11-17)12-22-21(26)15-5-3-14(4-6-15)13-23-19(24)9-10-20(23)25/h3-8,11H,9-10,12-13H2,1-2H3,(H,22,26). The first-order valence-corrected chi connectivity index (χ1v) is 8.93. The van der Waals surface area contributed by atoms with Gasteiger partial charge in [0, 0.05) is 30.5 Å². The lowest BCUT2D eigenvalue weighted by Crippen LogP contribution is -2.28. The molecule has 2 aromatic rings. The molecule has 0 bridgehead atoms. The van der Waals surface area contributed by atoms with Crippen molar-refractivity contribution in [2.75, 3.05) is 14.2 Å². The molecule has 1 heterocycles. The van der Waals surface area contributed by atoms with Crippen LogP contribution in [-0.2, 0) is 22.7 Å². The van der Waals surface area contributed by atoms with E-state index < -0.39 is 0 Å². The van der Waals surface area contributed by atoms with Gasteiger partial charge < -0.3 is 14.8 Å². The summed E-state index contributed by atoms with van der Waals surface area (Å²) in [4.78, 5) is 37.1. The van der Waals surface area contributed by atoms with Gasteiger partial charge >= 0.3 is 0 Å². The minimum atomic E-state index is -0.232. The highest BCUT2D eigenvalue weighted by molar-refractivity contribution is 6.01. The first-order chi connectivity index (χ1) is 13.5. The maximum Gasteiger partial charge on any atom is 0.251 e. The number of nitrogens with one attached hydrogen (secondary N) is 1. The number of likely N-dealkylation sites (tertiary alicyclic amines) is 1. The second-order valence-corrected chi connectivity index (χ2v) is 6.43. The van der Waals surface area contributed by atoms with Gasteiger partial charge in [-0.3, -0.25) is 19.3 Å². The third-order valence-corrected chi connectivity index (χ3v) is 4.64. The fourth-order valence-electron chi connectivity index (χ4n) is 3.04. The lowest BCUT2D eigenvalue weighted by Gasteiger charge is -2.14. The van der Waals surface area contributed by atoms with E-state index in [0.717, 1.165) is 11.1 Å². The van der Waals surface area contributed by atoms with Crippen LogP contribution in [0.4, 0.5) is 0 Å². The molecule has 0 spiro atoms. The summed E-state index contributed by atoms with van der Waals surface area (Å²) in [6.07, 6.45) is 0.542. The quantitative estimate of drug-likeness (QED) is 0.743. The second-order valence-electron chi connectivity index (χ2n) is 6.43. The van der Waals surface area contributed by atoms with E-state index in [9.17, 15) is 14.4 Å². The number of benzene rings is 2. The van der Waals surface area contributed by atoms with Gasteiger partial charge in [0.1, 0.15) is 11.5 Å². The number of nitrogens with zero attached hydrogens (tertiary/aromatic N) is 1. The molecule has 1 N–H and O–H groups in total. The van der Waals surface area contributed by atoms with Crippen molar-refractivity contribution in [1.82, 2.24) is 10.2 Å². The fourth-order valence-corrected chi connectivity index (χ4v) is 3.04. The minimum Gasteiger partial charge on any atom is -0.497 e. The Morgan fingerprint density at radius 3 is 2.29 bits per heavy atom. The van der Waals surface area contributed by atoms with E-state index in [1.165, 1.54) is 4.90 Å². The molecular weight excluding hydrogens is 360 g/mol. The molecule has 0 aliphatic carbocycles. The maximum atomic E-state index is 12.4. The number of ether oxygens (including phenoxy) is 2. The third kappa shape index (κ3) is 4.31. The zero-order valence-corrected chi connectivity index (χ0v) is 15.9. The molecule has 146 valence electrons. The van der Waals surface area contributed by atoms with Gasteiger partial charge in [-0.05, 0) is 35.9 Å². The first kappa shape index (κ1) is 19.4. The highest BCUT2D eigenvalue weighted by atomic mass is 16.5. The number of methoxy groups -OCH3 is 2. The van der Waals surface area contributed by atoms with Crippen LogP contribution in [0.25, 0.3) is 0 Å². The minimum absolute atomic E-state index is 0.154. The van der Waals surface area contributed by atoms with Gasteiger partial charge in [-0.2, -0.15) is 0 Å². The summed E-state index contributed by atoms with van der Waals surface area (Å²) >= 11 is 0. The SMILES string of the molecule is COc1ccc(OC)c(CNC(=O)c2ccc(CN3C(=O)CCC3=O)cc2)c1. The molecule has 3 amide bonds. The summed E-state index contributed by atoms with van der Waals surface area (Å²) in [6.45, 7) is 0.526. The van der Waals surface area contributed by atoms with Crippen LogP contribution in [0.15, 0.2) is 42.5 Å². The number of carbonyl (C=O) groups excluding carboxylic acids is 3. The van der Waals surface area contributed by atoms with E-state index in [1.807, 2.05) is 6.07 Å². The topological polar surface area (TPSA) is 84.9 Å². The number of carbonyl (C=O) groups is 3. The van der Waals surface area contributed by atoms with Gasteiger partial charge in [0.25, 0.3) is 5.91 Å². The number of rotatable bonds is 7. The summed E-state index contributed by atoms with van der Waals surface area (Å²) in [7, 11) is 3.15. The second kappa shape index (κ2) is 8.56. The molecule has 7 nitrogen and oxygen atoms in total. The monoisotopic (exact) mass is 382 g/mol. The zero-order chi connectivity index (χ0) is 20.1. The van der Waals surface area contributed by atoms with E-state index in [-0.39, 0.29) is 43.7 Å². The predicted molar refractivity (Wildman–Crippen MR) is 102 cm³/mol. The molecule has 0 aromatic heterocycles. The Balaban J connectivity index is 1.62. The average molecular weight is 382 g/mol. The molecule has 0 saturated carbocycles. The molecule has 0 radical (unpaired) electrons. The molecule has 1 aliphatic heterocycles. The largest absolute Gasteiger partial charge is 0.497 e. The van der Waals surface area contributed by atoms with Crippen LogP contribution in [0, 0.1) is 0 Å². The van der Waals surface area contributed by atoms with Gasteiger partial charge in [0.05, 0.1) is 20.8 Å². The summed E-state index contributed by atoms with van der Waals surface area (Å²) in [5, 5.41) is 2.85. The summed E-state index contributed by atoms with van der Waals surface area (Å²) in [6, 6.07) is 12.2. The van der Waals surface area contributed by atoms with Crippen LogP contribution >= 0.6 is 0 Å². The molecule has 3 rings (SSSR count). The normalized spacial score (nSPS) is 13.6. The van der Waals surface area contributed by atoms with E-state index in [0.29, 0.717) is 17.1 Å². The molecule has 1 fully saturated rings. The van der Waals surface area contributed by atoms with Crippen molar-refractivity contribution >= 4 is 17.7 Å². The van der Waals surface area contributed by atoms with Crippen LogP contribution in [0.5, 0.6) is 11.5 Å². The summed E-state index contributed by atoms with van der Waals surface area (Å²) < 4.78 is 10.5. The van der Waals surface area contributed by atoms with E-state index >= 15 is 0 Å². The number of imide groups is 1. The molecule has 0 unspecified atom stereocenters. The van der Waals surface area contributed by atoms with Gasteiger partial charge in [0.15, 0.2) is 0 Å². The molecule has 2 aromatic carbocycles. The number of hydrogen-bond donors (Lipinski definition) is 1. The first-order valence-electron chi connectivity index (χ1n) is 8.93. The van der Waals surface area contributed by atoms with Crippen LogP contribution < -0.4 is 14.8 Å². The van der Waals surface area contributed by atoms with Crippen LogP contribution in [0.2, 0.25) is 0 Å². The van der Waals surface area contributed by atoms with Gasteiger partial charge in [0.2, 0.25) is 11.8 Å². The highest BCUT2D eigenvalue weighted by Gasteiger charge is 2.28. The number of hydrogen-bond acceptors (Lipinski definition) is 5. The Morgan fingerprint density at radius 1 is 1.00 bits per heavy atom. The molecule has 7 heteroatoms. The zero-order valence-electron chi connectivity index (χ0n) is 15.9. The van der Waals surface area contributed by atoms with Crippen molar-refractivity contribution in [3.63, 3.8) is 0 Å². The van der Waals surface area contributed by atoms with Crippen molar-refractivity contribution in [3.05, 3.63) is 59.2 Å². The van der Waals surface area contributed by atoms with Crippen molar-refractivity contribution in [1.29, 1.82) is 0 Å². The molecular formula is C21H22N2O5. The highest BCUT2D eigenvalue weighted by Crippen LogP contribution is 2.24. The Morgan fingerprint density at radius 2 is 1.68 bits per heavy atom. The van der Waals surface area contributed by atoms with E-state index in [1.54, 1.807) is 50.6 Å². The van der Waals surface area contributed by atoms with E-state index in [2.05, 4.69) is 5.32 Å². The maximum absolute atomic E-state index is 12.4. The molecule has 0 atom stereocenters. The molecule has 1 saturated heterocycles. The summed E-state index contributed by atoms with van der Waals surface area (Å²) in [5.74, 6) is 0.805. The lowest BCUT2D eigenvalue weighted by atomic mass is 10.1. The Bertz CT molecular complexity index is 876. The predicted octanol–water partition coefficient (Wildman–Crippen LogP) is 2.28. The molecule has 1 aliphatic rings.